The van der Waals surface area contributed by atoms with Crippen LogP contribution < -0.4 is 11.2 Å². The minimum Gasteiger partial charge on any atom is -0.313 e. The third kappa shape index (κ3) is 2.28. The number of H-pyrrole nitrogens is 2. The molecule has 0 bridgehead atoms. The van der Waals surface area contributed by atoms with E-state index in [9.17, 15) is 9.59 Å². The van der Waals surface area contributed by atoms with Gasteiger partial charge in [0.25, 0.3) is 5.56 Å². The maximum atomic E-state index is 11.6. The van der Waals surface area contributed by atoms with Gasteiger partial charge in [0.2, 0.25) is 0 Å². The Morgan fingerprint density at radius 2 is 2.06 bits per heavy atom. The minimum atomic E-state index is -0.549. The molecule has 0 unspecified atom stereocenters. The van der Waals surface area contributed by atoms with Crippen LogP contribution in [0, 0.1) is 6.92 Å². The van der Waals surface area contributed by atoms with Crippen LogP contribution in [0.3, 0.4) is 0 Å². The first kappa shape index (κ1) is 12.4. The van der Waals surface area contributed by atoms with Gasteiger partial charge in [-0.1, -0.05) is 0 Å². The van der Waals surface area contributed by atoms with Gasteiger partial charge in [-0.3, -0.25) is 9.78 Å². The zero-order valence-electron chi connectivity index (χ0n) is 9.87. The molecule has 92 valence electrons. The first-order valence-corrected chi connectivity index (χ1v) is 5.71. The molecule has 2 aromatic rings. The van der Waals surface area contributed by atoms with E-state index >= 15 is 0 Å². The van der Waals surface area contributed by atoms with Gasteiger partial charge in [0.1, 0.15) is 5.69 Å². The Labute approximate surface area is 104 Å². The van der Waals surface area contributed by atoms with Crippen molar-refractivity contribution in [1.29, 1.82) is 0 Å². The van der Waals surface area contributed by atoms with Crippen molar-refractivity contribution in [3.63, 3.8) is 0 Å². The summed E-state index contributed by atoms with van der Waals surface area (Å²) in [5.74, 6) is 0. The number of hydrogen-bond donors (Lipinski definition) is 2. The van der Waals surface area contributed by atoms with E-state index in [2.05, 4.69) is 29.0 Å². The molecule has 0 aliphatic carbocycles. The summed E-state index contributed by atoms with van der Waals surface area (Å²) in [5.41, 5.74) is 1.26. The highest BCUT2D eigenvalue weighted by atomic mass is 31.0. The summed E-state index contributed by atoms with van der Waals surface area (Å²) in [5, 5.41) is 8.84. The molecular formula is C11H11N4O2P. The molecule has 0 saturated heterocycles. The molecule has 0 aromatic carbocycles. The Hall–Kier alpha value is -2.07. The monoisotopic (exact) mass is 262 g/mol. The number of nitrogens with zero attached hydrogens (tertiary/aromatic N) is 2. The van der Waals surface area contributed by atoms with E-state index in [0.717, 1.165) is 16.6 Å². The Bertz CT molecular complexity index is 732. The van der Waals surface area contributed by atoms with Crippen LogP contribution in [-0.2, 0) is 0 Å². The van der Waals surface area contributed by atoms with Crippen molar-refractivity contribution in [2.45, 2.75) is 13.8 Å². The maximum absolute atomic E-state index is 11.6. The first-order valence-electron chi connectivity index (χ1n) is 5.21. The lowest BCUT2D eigenvalue weighted by molar-refractivity contribution is 0.968. The quantitative estimate of drug-likeness (QED) is 0.771. The van der Waals surface area contributed by atoms with Gasteiger partial charge in [-0.25, -0.2) is 4.79 Å². The lowest BCUT2D eigenvalue weighted by Crippen LogP contribution is -2.23. The molecule has 0 saturated carbocycles. The zero-order chi connectivity index (χ0) is 13.3. The molecule has 0 amide bonds. The second-order valence-electron chi connectivity index (χ2n) is 3.84. The van der Waals surface area contributed by atoms with Crippen LogP contribution >= 0.6 is 8.86 Å². The van der Waals surface area contributed by atoms with Gasteiger partial charge in [-0.15, -0.1) is 14.0 Å². The number of rotatable bonds is 2. The SMILES string of the molecule is CC(=P)c1cc(-c2c[nH]c(=O)[nH]c2=O)nnc1C. The molecule has 0 fully saturated rings. The van der Waals surface area contributed by atoms with Crippen LogP contribution in [0.4, 0.5) is 0 Å². The molecule has 2 rings (SSSR count). The highest BCUT2D eigenvalue weighted by Crippen LogP contribution is 2.14. The van der Waals surface area contributed by atoms with Crippen molar-refractivity contribution in [1.82, 2.24) is 20.2 Å². The lowest BCUT2D eigenvalue weighted by atomic mass is 10.1. The van der Waals surface area contributed by atoms with Crippen LogP contribution in [0.5, 0.6) is 0 Å². The van der Waals surface area contributed by atoms with E-state index in [4.69, 9.17) is 0 Å². The van der Waals surface area contributed by atoms with Gasteiger partial charge in [-0.2, -0.15) is 5.10 Å². The molecular weight excluding hydrogens is 251 g/mol. The summed E-state index contributed by atoms with van der Waals surface area (Å²) in [4.78, 5) is 27.1. The van der Waals surface area contributed by atoms with E-state index < -0.39 is 11.2 Å². The number of aromatic nitrogens is 4. The predicted octanol–water partition coefficient (Wildman–Crippen LogP) is 0.512. The molecule has 0 aliphatic heterocycles. The lowest BCUT2D eigenvalue weighted by Gasteiger charge is -2.05. The highest BCUT2D eigenvalue weighted by molar-refractivity contribution is 7.22. The van der Waals surface area contributed by atoms with Crippen LogP contribution in [0.15, 0.2) is 21.9 Å². The Balaban J connectivity index is 2.65. The van der Waals surface area contributed by atoms with Gasteiger partial charge < -0.3 is 4.98 Å². The first-order chi connectivity index (χ1) is 8.49. The minimum absolute atomic E-state index is 0.274. The number of aryl methyl sites for hydroxylation is 1. The molecule has 7 heteroatoms. The third-order valence-corrected chi connectivity index (χ3v) is 2.75. The third-order valence-electron chi connectivity index (χ3n) is 2.48. The number of nitrogens with one attached hydrogen (secondary N) is 2. The number of aromatic amines is 2. The predicted molar refractivity (Wildman–Crippen MR) is 71.5 cm³/mol. The fourth-order valence-corrected chi connectivity index (χ4v) is 1.82. The molecule has 0 spiro atoms. The van der Waals surface area contributed by atoms with Crippen molar-refractivity contribution in [2.24, 2.45) is 0 Å². The van der Waals surface area contributed by atoms with E-state index in [1.165, 1.54) is 6.20 Å². The number of hydrogen-bond acceptors (Lipinski definition) is 4. The summed E-state index contributed by atoms with van der Waals surface area (Å²) in [6, 6.07) is 1.74. The van der Waals surface area contributed by atoms with Gasteiger partial charge >= 0.3 is 5.69 Å². The molecule has 0 aliphatic rings. The molecule has 0 atom stereocenters. The van der Waals surface area contributed by atoms with E-state index in [0.29, 0.717) is 5.69 Å². The van der Waals surface area contributed by atoms with Crippen LogP contribution in [0.25, 0.3) is 11.3 Å². The average molecular weight is 262 g/mol. The van der Waals surface area contributed by atoms with Crippen LogP contribution in [-0.4, -0.2) is 25.5 Å². The second-order valence-corrected chi connectivity index (χ2v) is 4.59. The zero-order valence-corrected chi connectivity index (χ0v) is 10.9. The summed E-state index contributed by atoms with van der Waals surface area (Å²) in [6.07, 6.45) is 1.33. The van der Waals surface area contributed by atoms with Crippen molar-refractivity contribution >= 4 is 14.2 Å². The fourth-order valence-electron chi connectivity index (χ4n) is 1.56. The summed E-state index contributed by atoms with van der Waals surface area (Å²) in [7, 11) is 3.43. The fraction of sp³-hybridized carbons (Fsp3) is 0.182. The summed E-state index contributed by atoms with van der Waals surface area (Å²) >= 11 is 0. The molecule has 2 N–H and O–H groups in total. The van der Waals surface area contributed by atoms with Gasteiger partial charge in [-0.05, 0) is 25.2 Å². The van der Waals surface area contributed by atoms with E-state index in [-0.39, 0.29) is 5.56 Å². The van der Waals surface area contributed by atoms with E-state index in [1.54, 1.807) is 6.07 Å². The molecule has 0 radical (unpaired) electrons. The summed E-state index contributed by atoms with van der Waals surface area (Å²) < 4.78 is 0. The Morgan fingerprint density at radius 3 is 2.67 bits per heavy atom. The molecule has 2 heterocycles. The van der Waals surface area contributed by atoms with Crippen LogP contribution in [0.1, 0.15) is 18.2 Å². The van der Waals surface area contributed by atoms with Crippen LogP contribution in [0.2, 0.25) is 0 Å². The molecule has 18 heavy (non-hydrogen) atoms. The Morgan fingerprint density at radius 1 is 1.33 bits per heavy atom. The topological polar surface area (TPSA) is 91.5 Å². The van der Waals surface area contributed by atoms with Gasteiger partial charge in [0, 0.05) is 11.8 Å². The van der Waals surface area contributed by atoms with Gasteiger partial charge in [0.15, 0.2) is 0 Å². The van der Waals surface area contributed by atoms with Crippen molar-refractivity contribution in [3.05, 3.63) is 44.4 Å². The largest absolute Gasteiger partial charge is 0.325 e. The van der Waals surface area contributed by atoms with Gasteiger partial charge in [0.05, 0.1) is 11.3 Å². The van der Waals surface area contributed by atoms with Crippen molar-refractivity contribution in [3.8, 4) is 11.3 Å². The highest BCUT2D eigenvalue weighted by Gasteiger charge is 2.09. The standard InChI is InChI=1S/C11H11N4O2P/c1-5-7(6(2)18)3-9(15-14-5)8-4-12-11(17)13-10(8)16/h3-4,18H,1-2H3,(H2,12,13,16,17). The smallest absolute Gasteiger partial charge is 0.313 e. The van der Waals surface area contributed by atoms with Crippen molar-refractivity contribution in [2.75, 3.05) is 0 Å². The maximum Gasteiger partial charge on any atom is 0.325 e. The van der Waals surface area contributed by atoms with Crippen molar-refractivity contribution < 1.29 is 0 Å². The Kier molecular flexibility index (Phi) is 3.21. The molecule has 2 aromatic heterocycles. The second kappa shape index (κ2) is 4.66. The normalized spacial score (nSPS) is 10.3. The van der Waals surface area contributed by atoms with E-state index in [1.807, 2.05) is 13.8 Å². The molecule has 6 nitrogen and oxygen atoms in total. The average Bonchev–Trinajstić information content (AvgIpc) is 2.30. The summed E-state index contributed by atoms with van der Waals surface area (Å²) in [6.45, 7) is 3.70.